The van der Waals surface area contributed by atoms with E-state index in [4.69, 9.17) is 4.98 Å². The van der Waals surface area contributed by atoms with Crippen LogP contribution < -0.4 is 0 Å². The van der Waals surface area contributed by atoms with Gasteiger partial charge in [-0.3, -0.25) is 4.79 Å². The number of fused-ring (bicyclic) bond motifs is 2. The zero-order chi connectivity index (χ0) is 19.8. The van der Waals surface area contributed by atoms with Crippen LogP contribution in [-0.2, 0) is 24.2 Å². The van der Waals surface area contributed by atoms with Crippen molar-refractivity contribution in [2.45, 2.75) is 44.7 Å². The molecule has 4 heterocycles. The van der Waals surface area contributed by atoms with Crippen LogP contribution in [0.5, 0.6) is 0 Å². The molecule has 1 N–H and O–H groups in total. The maximum absolute atomic E-state index is 13.0. The van der Waals surface area contributed by atoms with E-state index in [1.165, 1.54) is 5.56 Å². The second kappa shape index (κ2) is 7.55. The molecule has 1 atom stereocenters. The molecule has 1 amide bonds. The largest absolute Gasteiger partial charge is 0.342 e. The minimum absolute atomic E-state index is 0.00290. The monoisotopic (exact) mass is 390 g/mol. The fourth-order valence-corrected chi connectivity index (χ4v) is 4.46. The van der Waals surface area contributed by atoms with Gasteiger partial charge in [-0.05, 0) is 32.0 Å². The molecule has 0 aliphatic carbocycles. The molecule has 3 aromatic rings. The lowest BCUT2D eigenvalue weighted by Gasteiger charge is -2.27. The van der Waals surface area contributed by atoms with E-state index in [9.17, 15) is 4.79 Å². The van der Waals surface area contributed by atoms with Crippen LogP contribution in [0.15, 0.2) is 30.5 Å². The standard InChI is InChI=1S/C22H26N6O/c1-27-12-10-16-15(14-27)13-23-22(26-16)19-7-4-11-28(19)21(29)9-8-20-24-17-5-2-3-6-18(17)25-20/h2-3,5-6,13,19H,4,7-12,14H2,1H3,(H,24,25). The van der Waals surface area contributed by atoms with Crippen LogP contribution in [0.2, 0.25) is 0 Å². The third-order valence-electron chi connectivity index (χ3n) is 6.03. The number of carbonyl (C=O) groups is 1. The summed E-state index contributed by atoms with van der Waals surface area (Å²) >= 11 is 0. The number of likely N-dealkylation sites (tertiary alicyclic amines) is 1. The first-order chi connectivity index (χ1) is 14.2. The van der Waals surface area contributed by atoms with Crippen molar-refractivity contribution in [3.05, 3.63) is 53.4 Å². The van der Waals surface area contributed by atoms with Gasteiger partial charge in [0.15, 0.2) is 5.82 Å². The molecule has 0 saturated carbocycles. The third-order valence-corrected chi connectivity index (χ3v) is 6.03. The van der Waals surface area contributed by atoms with Gasteiger partial charge in [0, 0.05) is 56.4 Å². The summed E-state index contributed by atoms with van der Waals surface area (Å²) in [7, 11) is 2.12. The van der Waals surface area contributed by atoms with Crippen molar-refractivity contribution < 1.29 is 4.79 Å². The summed E-state index contributed by atoms with van der Waals surface area (Å²) in [6, 6.07) is 7.96. The molecular weight excluding hydrogens is 364 g/mol. The average molecular weight is 390 g/mol. The maximum atomic E-state index is 13.0. The number of nitrogens with one attached hydrogen (secondary N) is 1. The molecule has 5 rings (SSSR count). The number of hydrogen-bond acceptors (Lipinski definition) is 5. The summed E-state index contributed by atoms with van der Waals surface area (Å²) in [5, 5.41) is 0. The predicted molar refractivity (Wildman–Crippen MR) is 110 cm³/mol. The molecule has 7 nitrogen and oxygen atoms in total. The number of H-pyrrole nitrogens is 1. The number of para-hydroxylation sites is 2. The molecule has 7 heteroatoms. The number of amides is 1. The van der Waals surface area contributed by atoms with Crippen LogP contribution in [0.1, 0.15) is 48.2 Å². The number of carbonyl (C=O) groups excluding carboxylic acids is 1. The normalized spacial score (nSPS) is 19.6. The molecule has 1 fully saturated rings. The Kier molecular flexibility index (Phi) is 4.75. The van der Waals surface area contributed by atoms with Crippen LogP contribution in [0.25, 0.3) is 11.0 Å². The van der Waals surface area contributed by atoms with Gasteiger partial charge in [0.1, 0.15) is 5.82 Å². The fraction of sp³-hybridized carbons (Fsp3) is 0.455. The molecule has 1 aromatic carbocycles. The maximum Gasteiger partial charge on any atom is 0.223 e. The van der Waals surface area contributed by atoms with E-state index in [1.807, 2.05) is 35.4 Å². The number of benzene rings is 1. The number of nitrogens with zero attached hydrogens (tertiary/aromatic N) is 5. The van der Waals surface area contributed by atoms with E-state index in [1.54, 1.807) is 0 Å². The topological polar surface area (TPSA) is 78.0 Å². The van der Waals surface area contributed by atoms with Crippen LogP contribution >= 0.6 is 0 Å². The van der Waals surface area contributed by atoms with E-state index < -0.39 is 0 Å². The van der Waals surface area contributed by atoms with Gasteiger partial charge < -0.3 is 14.8 Å². The first-order valence-corrected chi connectivity index (χ1v) is 10.4. The number of aryl methyl sites for hydroxylation is 1. The number of aromatic nitrogens is 4. The van der Waals surface area contributed by atoms with Crippen LogP contribution in [0, 0.1) is 0 Å². The Bertz CT molecular complexity index is 1010. The lowest BCUT2D eigenvalue weighted by molar-refractivity contribution is -0.132. The molecular formula is C22H26N6O. The Morgan fingerprint density at radius 2 is 2.14 bits per heavy atom. The highest BCUT2D eigenvalue weighted by atomic mass is 16.2. The van der Waals surface area contributed by atoms with Crippen molar-refractivity contribution in [3.63, 3.8) is 0 Å². The Labute approximate surface area is 170 Å². The lowest BCUT2D eigenvalue weighted by atomic mass is 10.1. The number of rotatable bonds is 4. The molecule has 0 radical (unpaired) electrons. The first-order valence-electron chi connectivity index (χ1n) is 10.4. The van der Waals surface area contributed by atoms with Gasteiger partial charge in [-0.2, -0.15) is 0 Å². The second-order valence-corrected chi connectivity index (χ2v) is 8.13. The number of likely N-dealkylation sites (N-methyl/N-ethyl adjacent to an activating group) is 1. The van der Waals surface area contributed by atoms with Gasteiger partial charge >= 0.3 is 0 Å². The van der Waals surface area contributed by atoms with Crippen LogP contribution in [0.3, 0.4) is 0 Å². The summed E-state index contributed by atoms with van der Waals surface area (Å²) in [5.74, 6) is 1.83. The van der Waals surface area contributed by atoms with Gasteiger partial charge in [0.25, 0.3) is 0 Å². The van der Waals surface area contributed by atoms with Crippen molar-refractivity contribution in [3.8, 4) is 0 Å². The number of imidazole rings is 1. The van der Waals surface area contributed by atoms with Crippen molar-refractivity contribution in [1.29, 1.82) is 0 Å². The highest BCUT2D eigenvalue weighted by molar-refractivity contribution is 5.78. The van der Waals surface area contributed by atoms with E-state index in [-0.39, 0.29) is 11.9 Å². The zero-order valence-corrected chi connectivity index (χ0v) is 16.8. The molecule has 2 aromatic heterocycles. The van der Waals surface area contributed by atoms with Crippen molar-refractivity contribution in [2.24, 2.45) is 0 Å². The lowest BCUT2D eigenvalue weighted by Crippen LogP contribution is -2.33. The quantitative estimate of drug-likeness (QED) is 0.741. The Morgan fingerprint density at radius 1 is 1.24 bits per heavy atom. The Balaban J connectivity index is 1.28. The summed E-state index contributed by atoms with van der Waals surface area (Å²) in [6.07, 6.45) is 5.93. The Morgan fingerprint density at radius 3 is 3.03 bits per heavy atom. The van der Waals surface area contributed by atoms with Gasteiger partial charge in [-0.25, -0.2) is 15.0 Å². The number of aromatic amines is 1. The third kappa shape index (κ3) is 3.62. The van der Waals surface area contributed by atoms with Gasteiger partial charge in [0.2, 0.25) is 5.91 Å². The molecule has 1 unspecified atom stereocenters. The molecule has 1 saturated heterocycles. The smallest absolute Gasteiger partial charge is 0.223 e. The molecule has 0 spiro atoms. The molecule has 2 aliphatic rings. The van der Waals surface area contributed by atoms with E-state index in [2.05, 4.69) is 26.9 Å². The van der Waals surface area contributed by atoms with E-state index in [0.29, 0.717) is 12.8 Å². The van der Waals surface area contributed by atoms with Crippen molar-refractivity contribution in [2.75, 3.05) is 20.1 Å². The predicted octanol–water partition coefficient (Wildman–Crippen LogP) is 2.64. The van der Waals surface area contributed by atoms with Crippen molar-refractivity contribution in [1.82, 2.24) is 29.7 Å². The molecule has 0 bridgehead atoms. The summed E-state index contributed by atoms with van der Waals surface area (Å²) in [4.78, 5) is 34.6. The minimum atomic E-state index is 0.00290. The molecule has 29 heavy (non-hydrogen) atoms. The van der Waals surface area contributed by atoms with Crippen molar-refractivity contribution >= 4 is 16.9 Å². The SMILES string of the molecule is CN1CCc2nc(C3CCCN3C(=O)CCc3nc4ccccc4[nH]3)ncc2C1. The Hall–Kier alpha value is -2.80. The minimum Gasteiger partial charge on any atom is -0.342 e. The highest BCUT2D eigenvalue weighted by Crippen LogP contribution is 2.31. The van der Waals surface area contributed by atoms with Gasteiger partial charge in [0.05, 0.1) is 17.1 Å². The molecule has 150 valence electrons. The van der Waals surface area contributed by atoms with E-state index in [0.717, 1.165) is 67.3 Å². The van der Waals surface area contributed by atoms with Gasteiger partial charge in [-0.15, -0.1) is 0 Å². The summed E-state index contributed by atoms with van der Waals surface area (Å²) < 4.78 is 0. The van der Waals surface area contributed by atoms with Crippen LogP contribution in [-0.4, -0.2) is 55.8 Å². The zero-order valence-electron chi connectivity index (χ0n) is 16.8. The first kappa shape index (κ1) is 18.2. The summed E-state index contributed by atoms with van der Waals surface area (Å²) in [6.45, 7) is 2.71. The second-order valence-electron chi connectivity index (χ2n) is 8.13. The van der Waals surface area contributed by atoms with Crippen LogP contribution in [0.4, 0.5) is 0 Å². The highest BCUT2D eigenvalue weighted by Gasteiger charge is 2.32. The summed E-state index contributed by atoms with van der Waals surface area (Å²) in [5.41, 5.74) is 4.32. The average Bonchev–Trinajstić information content (AvgIpc) is 3.38. The van der Waals surface area contributed by atoms with Gasteiger partial charge in [-0.1, -0.05) is 12.1 Å². The van der Waals surface area contributed by atoms with E-state index >= 15 is 0 Å². The molecule has 2 aliphatic heterocycles. The fourth-order valence-electron chi connectivity index (χ4n) is 4.46. The number of hydrogen-bond donors (Lipinski definition) is 1.